The average Bonchev–Trinajstić information content (AvgIpc) is 2.89. The van der Waals surface area contributed by atoms with Crippen LogP contribution in [0.15, 0.2) is 40.3 Å². The van der Waals surface area contributed by atoms with Crippen molar-refractivity contribution >= 4 is 17.5 Å². The largest absolute Gasteiger partial charge is 0.494 e. The van der Waals surface area contributed by atoms with E-state index in [1.807, 2.05) is 0 Å². The number of rotatable bonds is 5. The first kappa shape index (κ1) is 12.6. The molecule has 2 rings (SSSR count). The second-order valence-electron chi connectivity index (χ2n) is 3.36. The highest BCUT2D eigenvalue weighted by Crippen LogP contribution is 2.20. The van der Waals surface area contributed by atoms with Crippen molar-refractivity contribution < 1.29 is 18.3 Å². The number of methoxy groups -OCH3 is 1. The van der Waals surface area contributed by atoms with Crippen LogP contribution in [0.25, 0.3) is 0 Å². The lowest BCUT2D eigenvalue weighted by Gasteiger charge is -2.03. The average molecular weight is 267 g/mol. The van der Waals surface area contributed by atoms with Crippen molar-refractivity contribution in [1.82, 2.24) is 4.98 Å². The number of ether oxygens (including phenoxy) is 1. The molecule has 0 amide bonds. The lowest BCUT2D eigenvalue weighted by molar-refractivity contribution is 0.102. The van der Waals surface area contributed by atoms with Gasteiger partial charge in [0.25, 0.3) is 5.22 Å². The van der Waals surface area contributed by atoms with E-state index in [4.69, 9.17) is 9.15 Å². The van der Waals surface area contributed by atoms with Crippen LogP contribution in [-0.2, 0) is 0 Å². The summed E-state index contributed by atoms with van der Waals surface area (Å²) >= 11 is 1.16. The number of hydrogen-bond acceptors (Lipinski definition) is 5. The fourth-order valence-electron chi connectivity index (χ4n) is 1.33. The van der Waals surface area contributed by atoms with Gasteiger partial charge >= 0.3 is 0 Å². The summed E-state index contributed by atoms with van der Waals surface area (Å²) in [5.74, 6) is -0.483. The number of carbonyl (C=O) groups excluding carboxylic acids is 1. The van der Waals surface area contributed by atoms with Gasteiger partial charge in [0.1, 0.15) is 6.26 Å². The first-order valence-corrected chi connectivity index (χ1v) is 6.08. The van der Waals surface area contributed by atoms with Gasteiger partial charge in [-0.1, -0.05) is 11.8 Å². The van der Waals surface area contributed by atoms with Crippen LogP contribution in [0.4, 0.5) is 4.39 Å². The second-order valence-corrected chi connectivity index (χ2v) is 4.29. The van der Waals surface area contributed by atoms with Gasteiger partial charge in [-0.2, -0.15) is 0 Å². The molecule has 18 heavy (non-hydrogen) atoms. The summed E-state index contributed by atoms with van der Waals surface area (Å²) in [7, 11) is 1.37. The zero-order chi connectivity index (χ0) is 13.0. The van der Waals surface area contributed by atoms with Crippen LogP contribution >= 0.6 is 11.8 Å². The molecular formula is C12H10FNO3S. The number of oxazole rings is 1. The summed E-state index contributed by atoms with van der Waals surface area (Å²) in [6.45, 7) is 0. The third-order valence-corrected chi connectivity index (χ3v) is 3.07. The monoisotopic (exact) mass is 267 g/mol. The van der Waals surface area contributed by atoms with Crippen LogP contribution in [-0.4, -0.2) is 23.6 Å². The maximum atomic E-state index is 13.4. The molecule has 94 valence electrons. The standard InChI is InChI=1S/C12H10FNO3S/c1-16-11-3-2-8(6-9(11)13)10(15)7-18-12-14-4-5-17-12/h2-6H,7H2,1H3. The summed E-state index contributed by atoms with van der Waals surface area (Å²) in [4.78, 5) is 15.7. The van der Waals surface area contributed by atoms with Crippen molar-refractivity contribution in [1.29, 1.82) is 0 Å². The van der Waals surface area contributed by atoms with Crippen molar-refractivity contribution in [2.45, 2.75) is 5.22 Å². The van der Waals surface area contributed by atoms with Crippen molar-refractivity contribution in [2.75, 3.05) is 12.9 Å². The molecule has 0 aliphatic heterocycles. The Morgan fingerprint density at radius 2 is 2.39 bits per heavy atom. The molecule has 0 bridgehead atoms. The highest BCUT2D eigenvalue weighted by atomic mass is 32.2. The van der Waals surface area contributed by atoms with Crippen LogP contribution in [0, 0.1) is 5.82 Å². The van der Waals surface area contributed by atoms with E-state index < -0.39 is 5.82 Å². The molecule has 0 unspecified atom stereocenters. The summed E-state index contributed by atoms with van der Waals surface area (Å²) in [6, 6.07) is 4.12. The summed E-state index contributed by atoms with van der Waals surface area (Å²) in [5.41, 5.74) is 0.298. The third-order valence-electron chi connectivity index (χ3n) is 2.21. The van der Waals surface area contributed by atoms with Gasteiger partial charge in [0.15, 0.2) is 17.3 Å². The van der Waals surface area contributed by atoms with E-state index in [2.05, 4.69) is 4.98 Å². The van der Waals surface area contributed by atoms with E-state index >= 15 is 0 Å². The van der Waals surface area contributed by atoms with Crippen LogP contribution < -0.4 is 4.74 Å². The van der Waals surface area contributed by atoms with E-state index in [-0.39, 0.29) is 17.3 Å². The topological polar surface area (TPSA) is 52.3 Å². The molecule has 2 aromatic rings. The predicted octanol–water partition coefficient (Wildman–Crippen LogP) is 2.80. The molecule has 0 atom stereocenters. The molecule has 0 saturated carbocycles. The van der Waals surface area contributed by atoms with E-state index in [9.17, 15) is 9.18 Å². The maximum absolute atomic E-state index is 13.4. The Hall–Kier alpha value is -1.82. The van der Waals surface area contributed by atoms with E-state index in [1.54, 1.807) is 0 Å². The van der Waals surface area contributed by atoms with Crippen LogP contribution in [0.5, 0.6) is 5.75 Å². The Labute approximate surface area is 107 Å². The molecule has 0 spiro atoms. The molecule has 0 saturated heterocycles. The first-order chi connectivity index (χ1) is 8.70. The molecule has 4 nitrogen and oxygen atoms in total. The van der Waals surface area contributed by atoms with Crippen molar-refractivity contribution in [3.05, 3.63) is 42.0 Å². The highest BCUT2D eigenvalue weighted by molar-refractivity contribution is 7.99. The summed E-state index contributed by atoms with van der Waals surface area (Å²) < 4.78 is 23.2. The molecule has 1 heterocycles. The summed E-state index contributed by atoms with van der Waals surface area (Å²) in [6.07, 6.45) is 2.93. The van der Waals surface area contributed by atoms with E-state index in [0.29, 0.717) is 10.8 Å². The number of carbonyl (C=O) groups is 1. The van der Waals surface area contributed by atoms with Crippen LogP contribution in [0.2, 0.25) is 0 Å². The van der Waals surface area contributed by atoms with E-state index in [1.165, 1.54) is 31.7 Å². The van der Waals surface area contributed by atoms with Gasteiger partial charge < -0.3 is 9.15 Å². The molecule has 0 fully saturated rings. The van der Waals surface area contributed by atoms with Crippen LogP contribution in [0.3, 0.4) is 0 Å². The molecule has 6 heteroatoms. The second kappa shape index (κ2) is 5.68. The van der Waals surface area contributed by atoms with Crippen molar-refractivity contribution in [3.63, 3.8) is 0 Å². The van der Waals surface area contributed by atoms with Crippen molar-refractivity contribution in [3.8, 4) is 5.75 Å². The Bertz CT molecular complexity index is 542. The molecule has 0 aliphatic rings. The maximum Gasteiger partial charge on any atom is 0.255 e. The molecule has 0 radical (unpaired) electrons. The van der Waals surface area contributed by atoms with Crippen LogP contribution in [0.1, 0.15) is 10.4 Å². The molecule has 0 N–H and O–H groups in total. The predicted molar refractivity (Wildman–Crippen MR) is 64.5 cm³/mol. The Morgan fingerprint density at radius 3 is 3.00 bits per heavy atom. The quantitative estimate of drug-likeness (QED) is 0.616. The zero-order valence-electron chi connectivity index (χ0n) is 9.55. The number of benzene rings is 1. The molecule has 1 aromatic carbocycles. The lowest BCUT2D eigenvalue weighted by Crippen LogP contribution is -2.03. The fraction of sp³-hybridized carbons (Fsp3) is 0.167. The lowest BCUT2D eigenvalue weighted by atomic mass is 10.1. The number of hydrogen-bond donors (Lipinski definition) is 0. The Kier molecular flexibility index (Phi) is 3.99. The van der Waals surface area contributed by atoms with Gasteiger partial charge in [-0.05, 0) is 18.2 Å². The number of ketones is 1. The number of halogens is 1. The number of Topliss-reactive ketones (excluding diaryl/α,β-unsaturated/α-hetero) is 1. The van der Waals surface area contributed by atoms with Gasteiger partial charge in [0, 0.05) is 5.56 Å². The SMILES string of the molecule is COc1ccc(C(=O)CSc2ncco2)cc1F. The van der Waals surface area contributed by atoms with Crippen molar-refractivity contribution in [2.24, 2.45) is 0 Å². The number of aromatic nitrogens is 1. The minimum atomic E-state index is -0.551. The fourth-order valence-corrected chi connectivity index (χ4v) is 2.01. The highest BCUT2D eigenvalue weighted by Gasteiger charge is 2.11. The van der Waals surface area contributed by atoms with Gasteiger partial charge in [-0.15, -0.1) is 0 Å². The molecule has 0 aliphatic carbocycles. The van der Waals surface area contributed by atoms with Gasteiger partial charge in [-0.25, -0.2) is 9.37 Å². The number of nitrogens with zero attached hydrogens (tertiary/aromatic N) is 1. The minimum absolute atomic E-state index is 0.118. The van der Waals surface area contributed by atoms with Gasteiger partial charge in [0.2, 0.25) is 0 Å². The smallest absolute Gasteiger partial charge is 0.255 e. The number of thioether (sulfide) groups is 1. The third kappa shape index (κ3) is 2.89. The molecule has 1 aromatic heterocycles. The van der Waals surface area contributed by atoms with Gasteiger partial charge in [0.05, 0.1) is 19.1 Å². The molecular weight excluding hydrogens is 257 g/mol. The van der Waals surface area contributed by atoms with Gasteiger partial charge in [-0.3, -0.25) is 4.79 Å². The summed E-state index contributed by atoms with van der Waals surface area (Å²) in [5, 5.41) is 0.414. The Balaban J connectivity index is 2.02. The normalized spacial score (nSPS) is 10.3. The minimum Gasteiger partial charge on any atom is -0.494 e. The van der Waals surface area contributed by atoms with E-state index in [0.717, 1.165) is 17.8 Å². The zero-order valence-corrected chi connectivity index (χ0v) is 10.4. The Morgan fingerprint density at radius 1 is 1.56 bits per heavy atom. The first-order valence-electron chi connectivity index (χ1n) is 5.09.